The number of fused-ring (bicyclic) bond motifs is 8. The summed E-state index contributed by atoms with van der Waals surface area (Å²) in [5.74, 6) is 0. The second-order valence-corrected chi connectivity index (χ2v) is 12.5. The summed E-state index contributed by atoms with van der Waals surface area (Å²) in [5.41, 5.74) is 7.07. The Morgan fingerprint density at radius 3 is 1.95 bits per heavy atom. The van der Waals surface area contributed by atoms with Crippen molar-refractivity contribution in [3.8, 4) is 22.3 Å². The zero-order valence-corrected chi connectivity index (χ0v) is 24.7. The Morgan fingerprint density at radius 1 is 0.364 bits per heavy atom. The molecule has 0 unspecified atom stereocenters. The van der Waals surface area contributed by atoms with E-state index in [0.717, 1.165) is 11.4 Å². The second kappa shape index (κ2) is 10.1. The highest BCUT2D eigenvalue weighted by molar-refractivity contribution is 7.26. The minimum Gasteiger partial charge on any atom is -0.356 e. The van der Waals surface area contributed by atoms with Crippen LogP contribution < -0.4 is 5.32 Å². The molecule has 0 bridgehead atoms. The van der Waals surface area contributed by atoms with Gasteiger partial charge in [-0.15, -0.1) is 11.3 Å². The van der Waals surface area contributed by atoms with Crippen LogP contribution in [0, 0.1) is 0 Å². The van der Waals surface area contributed by atoms with Crippen molar-refractivity contribution in [1.82, 2.24) is 0 Å². The molecule has 0 saturated heterocycles. The third-order valence-electron chi connectivity index (χ3n) is 8.81. The number of benzene rings is 8. The van der Waals surface area contributed by atoms with Gasteiger partial charge in [-0.1, -0.05) is 115 Å². The Morgan fingerprint density at radius 2 is 1.09 bits per heavy atom. The third kappa shape index (κ3) is 4.15. The fourth-order valence-electron chi connectivity index (χ4n) is 6.70. The molecule has 0 radical (unpaired) electrons. The summed E-state index contributed by atoms with van der Waals surface area (Å²) in [4.78, 5) is 0. The number of hydrogen-bond acceptors (Lipinski definition) is 2. The predicted molar refractivity (Wildman–Crippen MR) is 192 cm³/mol. The highest BCUT2D eigenvalue weighted by Crippen LogP contribution is 2.40. The molecule has 9 aromatic rings. The SMILES string of the molecule is c1cc(Nc2ccc(-c3ccc4c(c3)sc3ccc5ccccc5c34)cc2)cc(-c2cc3ccccc3c3ccccc23)c1. The first kappa shape index (κ1) is 25.1. The summed E-state index contributed by atoms with van der Waals surface area (Å²) in [7, 11) is 0. The van der Waals surface area contributed by atoms with E-state index >= 15 is 0 Å². The van der Waals surface area contributed by atoms with Crippen LogP contribution in [0.5, 0.6) is 0 Å². The lowest BCUT2D eigenvalue weighted by Gasteiger charge is -2.13. The number of anilines is 2. The lowest BCUT2D eigenvalue weighted by molar-refractivity contribution is 1.54. The van der Waals surface area contributed by atoms with Gasteiger partial charge in [-0.25, -0.2) is 0 Å². The van der Waals surface area contributed by atoms with Crippen LogP contribution in [0.4, 0.5) is 11.4 Å². The predicted octanol–water partition coefficient (Wildman–Crippen LogP) is 12.6. The summed E-state index contributed by atoms with van der Waals surface area (Å²) in [6.07, 6.45) is 0. The van der Waals surface area contributed by atoms with Crippen molar-refractivity contribution >= 4 is 75.2 Å². The van der Waals surface area contributed by atoms with E-state index in [1.807, 2.05) is 11.3 Å². The molecule has 0 aliphatic heterocycles. The molecule has 1 heterocycles. The zero-order chi connectivity index (χ0) is 29.0. The van der Waals surface area contributed by atoms with E-state index in [9.17, 15) is 0 Å². The third-order valence-corrected chi connectivity index (χ3v) is 9.93. The van der Waals surface area contributed by atoms with Gasteiger partial charge in [0.25, 0.3) is 0 Å². The van der Waals surface area contributed by atoms with Gasteiger partial charge in [-0.05, 0) is 97.0 Å². The molecule has 1 N–H and O–H groups in total. The lowest BCUT2D eigenvalue weighted by atomic mass is 9.93. The maximum Gasteiger partial charge on any atom is 0.0390 e. The van der Waals surface area contributed by atoms with Crippen molar-refractivity contribution in [3.05, 3.63) is 158 Å². The zero-order valence-electron chi connectivity index (χ0n) is 23.9. The number of thiophene rings is 1. The molecular formula is C42H27NS. The minimum atomic E-state index is 1.07. The fraction of sp³-hybridized carbons (Fsp3) is 0. The molecular weight excluding hydrogens is 551 g/mol. The average molecular weight is 578 g/mol. The van der Waals surface area contributed by atoms with E-state index in [1.165, 1.54) is 74.7 Å². The molecule has 44 heavy (non-hydrogen) atoms. The van der Waals surface area contributed by atoms with E-state index in [1.54, 1.807) is 0 Å². The molecule has 8 aromatic carbocycles. The van der Waals surface area contributed by atoms with Crippen molar-refractivity contribution in [3.63, 3.8) is 0 Å². The molecule has 0 aliphatic rings. The highest BCUT2D eigenvalue weighted by Gasteiger charge is 2.11. The fourth-order valence-corrected chi connectivity index (χ4v) is 7.86. The van der Waals surface area contributed by atoms with Gasteiger partial charge in [0, 0.05) is 31.5 Å². The topological polar surface area (TPSA) is 12.0 Å². The van der Waals surface area contributed by atoms with E-state index in [4.69, 9.17) is 0 Å². The maximum absolute atomic E-state index is 3.64. The number of hydrogen-bond donors (Lipinski definition) is 1. The number of nitrogens with one attached hydrogen (secondary N) is 1. The Labute approximate surface area is 259 Å². The van der Waals surface area contributed by atoms with Crippen molar-refractivity contribution in [2.45, 2.75) is 0 Å². The molecule has 1 nitrogen and oxygen atoms in total. The molecule has 206 valence electrons. The Hall–Kier alpha value is -5.44. The van der Waals surface area contributed by atoms with Crippen LogP contribution in [-0.4, -0.2) is 0 Å². The molecule has 0 aliphatic carbocycles. The molecule has 0 spiro atoms. The van der Waals surface area contributed by atoms with Crippen molar-refractivity contribution in [1.29, 1.82) is 0 Å². The largest absolute Gasteiger partial charge is 0.356 e. The second-order valence-electron chi connectivity index (χ2n) is 11.4. The van der Waals surface area contributed by atoms with Gasteiger partial charge in [0.15, 0.2) is 0 Å². The van der Waals surface area contributed by atoms with Gasteiger partial charge in [0.05, 0.1) is 0 Å². The van der Waals surface area contributed by atoms with Crippen LogP contribution >= 0.6 is 11.3 Å². The van der Waals surface area contributed by atoms with Gasteiger partial charge < -0.3 is 5.32 Å². The van der Waals surface area contributed by atoms with Crippen LogP contribution in [-0.2, 0) is 0 Å². The molecule has 0 saturated carbocycles. The summed E-state index contributed by atoms with van der Waals surface area (Å²) in [6.45, 7) is 0. The van der Waals surface area contributed by atoms with Crippen LogP contribution in [0.3, 0.4) is 0 Å². The molecule has 0 atom stereocenters. The molecule has 0 fully saturated rings. The van der Waals surface area contributed by atoms with Crippen molar-refractivity contribution < 1.29 is 0 Å². The molecule has 9 rings (SSSR count). The number of rotatable bonds is 4. The van der Waals surface area contributed by atoms with Gasteiger partial charge in [0.2, 0.25) is 0 Å². The van der Waals surface area contributed by atoms with Gasteiger partial charge >= 0.3 is 0 Å². The monoisotopic (exact) mass is 577 g/mol. The Kier molecular flexibility index (Phi) is 5.75. The van der Waals surface area contributed by atoms with Gasteiger partial charge in [-0.3, -0.25) is 0 Å². The standard InChI is InChI=1S/C42H27NS/c1-4-13-35-28(8-1)19-23-40-42(35)38-22-18-29(26-41(38)44-40)27-16-20-32(21-17-27)43-33-11-7-10-30(24-33)39-25-31-9-2-3-12-34(31)36-14-5-6-15-37(36)39/h1-26,43H. The van der Waals surface area contributed by atoms with Crippen LogP contribution in [0.2, 0.25) is 0 Å². The van der Waals surface area contributed by atoms with Crippen molar-refractivity contribution in [2.75, 3.05) is 5.32 Å². The summed E-state index contributed by atoms with van der Waals surface area (Å²) in [5, 5.41) is 14.1. The average Bonchev–Trinajstić information content (AvgIpc) is 3.47. The molecule has 2 heteroatoms. The minimum absolute atomic E-state index is 1.07. The van der Waals surface area contributed by atoms with Gasteiger partial charge in [-0.2, -0.15) is 0 Å². The van der Waals surface area contributed by atoms with Crippen molar-refractivity contribution in [2.24, 2.45) is 0 Å². The summed E-state index contributed by atoms with van der Waals surface area (Å²) < 4.78 is 2.67. The smallest absolute Gasteiger partial charge is 0.0390 e. The normalized spacial score (nSPS) is 11.6. The van der Waals surface area contributed by atoms with Crippen LogP contribution in [0.25, 0.3) is 74.7 Å². The maximum atomic E-state index is 3.64. The van der Waals surface area contributed by atoms with Gasteiger partial charge in [0.1, 0.15) is 0 Å². The summed E-state index contributed by atoms with van der Waals surface area (Å²) >= 11 is 1.88. The lowest BCUT2D eigenvalue weighted by Crippen LogP contribution is -1.91. The molecule has 0 amide bonds. The van der Waals surface area contributed by atoms with Crippen LogP contribution in [0.1, 0.15) is 0 Å². The Bertz CT molecular complexity index is 2520. The van der Waals surface area contributed by atoms with Crippen LogP contribution in [0.15, 0.2) is 158 Å². The first-order valence-electron chi connectivity index (χ1n) is 15.0. The van der Waals surface area contributed by atoms with E-state index in [-0.39, 0.29) is 0 Å². The first-order valence-corrected chi connectivity index (χ1v) is 15.8. The quantitative estimate of drug-likeness (QED) is 0.205. The highest BCUT2D eigenvalue weighted by atomic mass is 32.1. The van der Waals surface area contributed by atoms with E-state index in [0.29, 0.717) is 0 Å². The van der Waals surface area contributed by atoms with E-state index in [2.05, 4.69) is 163 Å². The molecule has 1 aromatic heterocycles. The first-order chi connectivity index (χ1) is 21.8. The van der Waals surface area contributed by atoms with E-state index < -0.39 is 0 Å². The Balaban J connectivity index is 1.03. The summed E-state index contributed by atoms with van der Waals surface area (Å²) in [6, 6.07) is 57.3.